The highest BCUT2D eigenvalue weighted by molar-refractivity contribution is 7.99. The number of hydrogen-bond acceptors (Lipinski definition) is 5. The van der Waals surface area contributed by atoms with Crippen molar-refractivity contribution in [3.05, 3.63) is 66.6 Å². The summed E-state index contributed by atoms with van der Waals surface area (Å²) in [5.41, 5.74) is 2.49. The number of aromatic nitrogens is 1. The van der Waals surface area contributed by atoms with Crippen molar-refractivity contribution in [1.29, 1.82) is 0 Å². The van der Waals surface area contributed by atoms with Crippen LogP contribution in [-0.4, -0.2) is 23.3 Å². The summed E-state index contributed by atoms with van der Waals surface area (Å²) in [5, 5.41) is 2.71. The van der Waals surface area contributed by atoms with Crippen molar-refractivity contribution in [3.8, 4) is 17.2 Å². The Kier molecular flexibility index (Phi) is 5.96. The zero-order valence-electron chi connectivity index (χ0n) is 14.6. The van der Waals surface area contributed by atoms with E-state index in [0.29, 0.717) is 11.6 Å². The minimum atomic E-state index is -0.198. The van der Waals surface area contributed by atoms with Crippen molar-refractivity contribution in [2.75, 3.05) is 12.4 Å². The summed E-state index contributed by atoms with van der Waals surface area (Å²) in [5.74, 6) is 1.92. The van der Waals surface area contributed by atoms with E-state index in [-0.39, 0.29) is 11.2 Å². The molecule has 0 aliphatic carbocycles. The zero-order chi connectivity index (χ0) is 18.4. The van der Waals surface area contributed by atoms with Gasteiger partial charge in [0.25, 0.3) is 0 Å². The smallest absolute Gasteiger partial charge is 0.237 e. The molecule has 0 unspecified atom stereocenters. The largest absolute Gasteiger partial charge is 0.497 e. The molecule has 134 valence electrons. The van der Waals surface area contributed by atoms with Crippen molar-refractivity contribution in [2.24, 2.45) is 0 Å². The summed E-state index contributed by atoms with van der Waals surface area (Å²) >= 11 is 1.52. The number of hydrogen-bond donors (Lipinski definition) is 1. The Balaban J connectivity index is 1.54. The molecular weight excluding hydrogens is 348 g/mol. The van der Waals surface area contributed by atoms with Crippen LogP contribution in [-0.2, 0) is 10.5 Å². The van der Waals surface area contributed by atoms with Gasteiger partial charge in [-0.2, -0.15) is 0 Å². The number of carbonyl (C=O) groups excluding carboxylic acids is 1. The number of anilines is 1. The highest BCUT2D eigenvalue weighted by atomic mass is 32.2. The van der Waals surface area contributed by atoms with Gasteiger partial charge in [-0.3, -0.25) is 4.79 Å². The lowest BCUT2D eigenvalue weighted by molar-refractivity contribution is -0.115. The van der Waals surface area contributed by atoms with Crippen LogP contribution in [0.25, 0.3) is 11.5 Å². The summed E-state index contributed by atoms with van der Waals surface area (Å²) in [6, 6.07) is 17.0. The molecule has 0 radical (unpaired) electrons. The Bertz CT molecular complexity index is 847. The summed E-state index contributed by atoms with van der Waals surface area (Å²) < 4.78 is 10.7. The number of benzene rings is 2. The van der Waals surface area contributed by atoms with Gasteiger partial charge in [0.05, 0.1) is 18.1 Å². The van der Waals surface area contributed by atoms with Gasteiger partial charge >= 0.3 is 0 Å². The van der Waals surface area contributed by atoms with Crippen LogP contribution >= 0.6 is 11.8 Å². The molecule has 0 saturated carbocycles. The molecule has 6 heteroatoms. The maximum absolute atomic E-state index is 12.2. The maximum Gasteiger partial charge on any atom is 0.237 e. The minimum absolute atomic E-state index is 0.0277. The predicted molar refractivity (Wildman–Crippen MR) is 104 cm³/mol. The van der Waals surface area contributed by atoms with Gasteiger partial charge in [-0.1, -0.05) is 18.2 Å². The number of nitrogens with zero attached hydrogens (tertiary/aromatic N) is 1. The molecule has 0 fully saturated rings. The molecule has 1 aromatic heterocycles. The first-order valence-corrected chi connectivity index (χ1v) is 9.27. The van der Waals surface area contributed by atoms with Gasteiger partial charge in [0.2, 0.25) is 11.8 Å². The Labute approximate surface area is 156 Å². The van der Waals surface area contributed by atoms with Gasteiger partial charge < -0.3 is 14.5 Å². The molecule has 0 saturated heterocycles. The number of rotatable bonds is 7. The molecule has 0 spiro atoms. The molecule has 3 aromatic rings. The second kappa shape index (κ2) is 8.58. The summed E-state index contributed by atoms with van der Waals surface area (Å²) in [6.07, 6.45) is 1.63. The third-order valence-electron chi connectivity index (χ3n) is 3.78. The molecule has 2 aromatic carbocycles. The van der Waals surface area contributed by atoms with Crippen LogP contribution in [0.2, 0.25) is 0 Å². The first-order chi connectivity index (χ1) is 12.7. The average Bonchev–Trinajstić information content (AvgIpc) is 3.16. The minimum Gasteiger partial charge on any atom is -0.497 e. The topological polar surface area (TPSA) is 64.4 Å². The van der Waals surface area contributed by atoms with Crippen molar-refractivity contribution in [1.82, 2.24) is 4.98 Å². The molecule has 1 atom stereocenters. The first kappa shape index (κ1) is 18.1. The number of oxazole rings is 1. The van der Waals surface area contributed by atoms with Crippen LogP contribution in [0.4, 0.5) is 5.69 Å². The monoisotopic (exact) mass is 368 g/mol. The molecule has 0 aliphatic rings. The normalized spacial score (nSPS) is 11.8. The first-order valence-electron chi connectivity index (χ1n) is 8.22. The van der Waals surface area contributed by atoms with Gasteiger partial charge in [0.15, 0.2) is 0 Å². The Hall–Kier alpha value is -2.73. The highest BCUT2D eigenvalue weighted by Gasteiger charge is 2.15. The number of nitrogens with one attached hydrogen (secondary N) is 1. The van der Waals surface area contributed by atoms with E-state index in [1.54, 1.807) is 13.4 Å². The fraction of sp³-hybridized carbons (Fsp3) is 0.200. The van der Waals surface area contributed by atoms with Gasteiger partial charge in [-0.25, -0.2) is 4.98 Å². The molecule has 1 amide bonds. The Morgan fingerprint density at radius 1 is 1.19 bits per heavy atom. The van der Waals surface area contributed by atoms with E-state index in [0.717, 1.165) is 22.7 Å². The third-order valence-corrected chi connectivity index (χ3v) is 4.96. The quantitative estimate of drug-likeness (QED) is 0.660. The standard InChI is InChI=1S/C20H20N2O3S/c1-14(19(23)21-16-6-4-3-5-7-16)26-13-17-12-25-20(22-17)15-8-10-18(24-2)11-9-15/h3-12,14H,13H2,1-2H3,(H,21,23)/t14-/m0/s1. The van der Waals surface area contributed by atoms with Gasteiger partial charge in [0, 0.05) is 17.0 Å². The van der Waals surface area contributed by atoms with Crippen molar-refractivity contribution in [2.45, 2.75) is 17.9 Å². The zero-order valence-corrected chi connectivity index (χ0v) is 15.5. The molecule has 1 heterocycles. The van der Waals surface area contributed by atoms with E-state index in [1.807, 2.05) is 61.5 Å². The molecule has 5 nitrogen and oxygen atoms in total. The predicted octanol–water partition coefficient (Wildman–Crippen LogP) is 4.61. The van der Waals surface area contributed by atoms with Crippen LogP contribution in [0, 0.1) is 0 Å². The van der Waals surface area contributed by atoms with Crippen LogP contribution in [0.5, 0.6) is 5.75 Å². The van der Waals surface area contributed by atoms with Gasteiger partial charge in [-0.05, 0) is 43.3 Å². The lowest BCUT2D eigenvalue weighted by Crippen LogP contribution is -2.22. The van der Waals surface area contributed by atoms with Gasteiger partial charge in [-0.15, -0.1) is 11.8 Å². The highest BCUT2D eigenvalue weighted by Crippen LogP contribution is 2.24. The summed E-state index contributed by atoms with van der Waals surface area (Å²) in [6.45, 7) is 1.88. The van der Waals surface area contributed by atoms with Crippen molar-refractivity contribution < 1.29 is 13.9 Å². The molecule has 3 rings (SSSR count). The van der Waals surface area contributed by atoms with E-state index in [2.05, 4.69) is 10.3 Å². The number of para-hydroxylation sites is 1. The second-order valence-electron chi connectivity index (χ2n) is 5.68. The second-order valence-corrected chi connectivity index (χ2v) is 7.01. The molecule has 0 aliphatic heterocycles. The van der Waals surface area contributed by atoms with Gasteiger partial charge in [0.1, 0.15) is 12.0 Å². The van der Waals surface area contributed by atoms with Crippen LogP contribution in [0.1, 0.15) is 12.6 Å². The van der Waals surface area contributed by atoms with E-state index in [9.17, 15) is 4.79 Å². The van der Waals surface area contributed by atoms with E-state index in [1.165, 1.54) is 11.8 Å². The number of thioether (sulfide) groups is 1. The molecule has 1 N–H and O–H groups in total. The summed E-state index contributed by atoms with van der Waals surface area (Å²) in [7, 11) is 1.63. The average molecular weight is 368 g/mol. The molecule has 0 bridgehead atoms. The third kappa shape index (κ3) is 4.67. The van der Waals surface area contributed by atoms with Crippen molar-refractivity contribution in [3.63, 3.8) is 0 Å². The lowest BCUT2D eigenvalue weighted by atomic mass is 10.2. The van der Waals surface area contributed by atoms with Crippen LogP contribution in [0.3, 0.4) is 0 Å². The van der Waals surface area contributed by atoms with E-state index in [4.69, 9.17) is 9.15 Å². The fourth-order valence-electron chi connectivity index (χ4n) is 2.29. The van der Waals surface area contributed by atoms with Crippen molar-refractivity contribution >= 4 is 23.4 Å². The number of amides is 1. The fourth-order valence-corrected chi connectivity index (χ4v) is 3.05. The lowest BCUT2D eigenvalue weighted by Gasteiger charge is -2.11. The Morgan fingerprint density at radius 3 is 2.62 bits per heavy atom. The van der Waals surface area contributed by atoms with Crippen LogP contribution < -0.4 is 10.1 Å². The number of carbonyl (C=O) groups is 1. The molecule has 26 heavy (non-hydrogen) atoms. The van der Waals surface area contributed by atoms with E-state index >= 15 is 0 Å². The summed E-state index contributed by atoms with van der Waals surface area (Å²) in [4.78, 5) is 16.7. The number of methoxy groups -OCH3 is 1. The SMILES string of the molecule is COc1ccc(-c2nc(CS[C@@H](C)C(=O)Nc3ccccc3)co2)cc1. The Morgan fingerprint density at radius 2 is 1.92 bits per heavy atom. The molecular formula is C20H20N2O3S. The number of ether oxygens (including phenoxy) is 1. The maximum atomic E-state index is 12.2. The van der Waals surface area contributed by atoms with E-state index < -0.39 is 0 Å². The van der Waals surface area contributed by atoms with Crippen LogP contribution in [0.15, 0.2) is 65.3 Å².